The summed E-state index contributed by atoms with van der Waals surface area (Å²) in [5.74, 6) is -3.17. The van der Waals surface area contributed by atoms with Crippen molar-refractivity contribution in [3.63, 3.8) is 0 Å². The molecule has 1 aromatic heterocycles. The molecule has 0 spiro atoms. The monoisotopic (exact) mass is 591 g/mol. The minimum atomic E-state index is -1.89. The zero-order valence-corrected chi connectivity index (χ0v) is 24.2. The summed E-state index contributed by atoms with van der Waals surface area (Å²) in [5, 5.41) is 11.4. The Morgan fingerprint density at radius 1 is 1.24 bits per heavy atom. The van der Waals surface area contributed by atoms with Gasteiger partial charge in [-0.15, -0.1) is 0 Å². The predicted octanol–water partition coefficient (Wildman–Crippen LogP) is 0.0994. The van der Waals surface area contributed by atoms with E-state index >= 15 is 0 Å². The van der Waals surface area contributed by atoms with E-state index in [1.807, 2.05) is 0 Å². The van der Waals surface area contributed by atoms with Crippen molar-refractivity contribution in [3.05, 3.63) is 45.4 Å². The molecule has 0 saturated carbocycles. The Hall–Kier alpha value is -3.88. The molecule has 3 heterocycles. The minimum Gasteiger partial charge on any atom is -0.465 e. The number of pyridine rings is 1. The Labute approximate surface area is 242 Å². The molecule has 1 aromatic rings. The van der Waals surface area contributed by atoms with Gasteiger partial charge in [0.2, 0.25) is 11.5 Å². The third-order valence-electron chi connectivity index (χ3n) is 6.94. The predicted molar refractivity (Wildman–Crippen MR) is 146 cm³/mol. The number of carbonyl (C=O) groups excluding carboxylic acids is 4. The number of nitrogens with one attached hydrogen (secondary N) is 1. The first-order chi connectivity index (χ1) is 20.0. The quantitative estimate of drug-likeness (QED) is 0.170. The lowest BCUT2D eigenvalue weighted by atomic mass is 9.85. The molecule has 0 aliphatic carbocycles. The second-order valence-electron chi connectivity index (χ2n) is 9.97. The number of aromatic nitrogens is 1. The number of cyclic esters (lactones) is 1. The standard InChI is InChI=1S/C28H37N3O11/c1-6-28(19-9-20-25(29-4)17(3)11-31(20)26(36)18(19)15-41-27(28)37)42-23(35)10-30-21(33)7-8-22(34)39-13-16(2)14-40-24(12-32)38-5/h9,16,24,32H,3,6-8,10-15H2,1-2,4-5H3,(H,30,33)/b29-25+. The molecule has 3 unspecified atom stereocenters. The number of allylic oxidation sites excluding steroid dienone is 1. The van der Waals surface area contributed by atoms with Gasteiger partial charge in [0.15, 0.2) is 6.29 Å². The van der Waals surface area contributed by atoms with Crippen LogP contribution in [0.5, 0.6) is 0 Å². The zero-order chi connectivity index (χ0) is 31.0. The van der Waals surface area contributed by atoms with Crippen LogP contribution in [0, 0.1) is 5.92 Å². The maximum Gasteiger partial charge on any atom is 0.355 e. The summed E-state index contributed by atoms with van der Waals surface area (Å²) in [7, 11) is 2.96. The van der Waals surface area contributed by atoms with Gasteiger partial charge in [0.25, 0.3) is 5.56 Å². The van der Waals surface area contributed by atoms with E-state index in [1.165, 1.54) is 11.7 Å². The van der Waals surface area contributed by atoms with E-state index in [0.29, 0.717) is 17.0 Å². The highest BCUT2D eigenvalue weighted by Gasteiger charge is 2.50. The number of aliphatic hydroxyl groups excluding tert-OH is 1. The number of ether oxygens (including phenoxy) is 5. The van der Waals surface area contributed by atoms with Crippen LogP contribution < -0.4 is 10.9 Å². The molecule has 2 aliphatic heterocycles. The van der Waals surface area contributed by atoms with Gasteiger partial charge in [-0.2, -0.15) is 0 Å². The maximum absolute atomic E-state index is 13.2. The summed E-state index contributed by atoms with van der Waals surface area (Å²) in [6.07, 6.45) is -1.27. The fourth-order valence-electron chi connectivity index (χ4n) is 4.66. The average molecular weight is 592 g/mol. The van der Waals surface area contributed by atoms with Gasteiger partial charge in [-0.05, 0) is 18.1 Å². The molecule has 0 bridgehead atoms. The summed E-state index contributed by atoms with van der Waals surface area (Å²) >= 11 is 0. The SMILES string of the molecule is C=C1Cn2c(cc3c(c2=O)COC(=O)C3(CC)OC(=O)CNC(=O)CCC(=O)OCC(C)COC(CO)OC)/C1=N/C. The van der Waals surface area contributed by atoms with Crippen molar-refractivity contribution in [1.29, 1.82) is 0 Å². The number of hydrogen-bond acceptors (Lipinski definition) is 12. The van der Waals surface area contributed by atoms with Crippen LogP contribution >= 0.6 is 0 Å². The first-order valence-corrected chi connectivity index (χ1v) is 13.5. The summed E-state index contributed by atoms with van der Waals surface area (Å²) < 4.78 is 27.7. The fraction of sp³-hybridized carbons (Fsp3) is 0.571. The van der Waals surface area contributed by atoms with Gasteiger partial charge >= 0.3 is 17.9 Å². The number of hydrogen-bond donors (Lipinski definition) is 2. The van der Waals surface area contributed by atoms with Crippen LogP contribution in [0.15, 0.2) is 28.0 Å². The van der Waals surface area contributed by atoms with Gasteiger partial charge in [0, 0.05) is 32.1 Å². The molecular weight excluding hydrogens is 554 g/mol. The van der Waals surface area contributed by atoms with Gasteiger partial charge in [-0.25, -0.2) is 4.79 Å². The summed E-state index contributed by atoms with van der Waals surface area (Å²) in [4.78, 5) is 67.5. The second kappa shape index (κ2) is 14.3. The van der Waals surface area contributed by atoms with E-state index in [9.17, 15) is 24.0 Å². The van der Waals surface area contributed by atoms with Crippen LogP contribution in [0.4, 0.5) is 0 Å². The number of nitrogens with zero attached hydrogens (tertiary/aromatic N) is 2. The van der Waals surface area contributed by atoms with Gasteiger partial charge in [-0.1, -0.05) is 20.4 Å². The molecule has 1 amide bonds. The first-order valence-electron chi connectivity index (χ1n) is 13.5. The fourth-order valence-corrected chi connectivity index (χ4v) is 4.66. The van der Waals surface area contributed by atoms with E-state index in [4.69, 9.17) is 28.8 Å². The topological polar surface area (TPSA) is 181 Å². The van der Waals surface area contributed by atoms with Gasteiger partial charge < -0.3 is 38.7 Å². The van der Waals surface area contributed by atoms with Crippen molar-refractivity contribution in [3.8, 4) is 0 Å². The van der Waals surface area contributed by atoms with Crippen molar-refractivity contribution in [1.82, 2.24) is 9.88 Å². The van der Waals surface area contributed by atoms with Gasteiger partial charge in [-0.3, -0.25) is 24.2 Å². The van der Waals surface area contributed by atoms with Crippen molar-refractivity contribution in [2.24, 2.45) is 10.9 Å². The summed E-state index contributed by atoms with van der Waals surface area (Å²) in [6, 6.07) is 1.61. The molecule has 42 heavy (non-hydrogen) atoms. The number of esters is 3. The van der Waals surface area contributed by atoms with Crippen molar-refractivity contribution < 1.29 is 48.0 Å². The lowest BCUT2D eigenvalue weighted by Gasteiger charge is -2.35. The Kier molecular flexibility index (Phi) is 11.1. The molecule has 14 nitrogen and oxygen atoms in total. The largest absolute Gasteiger partial charge is 0.465 e. The molecule has 230 valence electrons. The molecule has 0 aromatic carbocycles. The molecule has 0 saturated heterocycles. The van der Waals surface area contributed by atoms with E-state index in [0.717, 1.165) is 0 Å². The molecule has 0 radical (unpaired) electrons. The summed E-state index contributed by atoms with van der Waals surface area (Å²) in [5.41, 5.74) is -0.274. The molecule has 0 fully saturated rings. The van der Waals surface area contributed by atoms with E-state index in [-0.39, 0.29) is 69.3 Å². The van der Waals surface area contributed by atoms with Crippen molar-refractivity contribution in [2.45, 2.75) is 58.2 Å². The van der Waals surface area contributed by atoms with Crippen LogP contribution in [0.1, 0.15) is 49.9 Å². The van der Waals surface area contributed by atoms with E-state index in [1.54, 1.807) is 27.0 Å². The first kappa shape index (κ1) is 32.6. The van der Waals surface area contributed by atoms with Crippen LogP contribution in [-0.2, 0) is 61.6 Å². The van der Waals surface area contributed by atoms with Crippen molar-refractivity contribution in [2.75, 3.05) is 40.5 Å². The second-order valence-corrected chi connectivity index (χ2v) is 9.97. The van der Waals surface area contributed by atoms with E-state index in [2.05, 4.69) is 16.9 Å². The highest BCUT2D eigenvalue weighted by Crippen LogP contribution is 2.38. The minimum absolute atomic E-state index is 0.0254. The summed E-state index contributed by atoms with van der Waals surface area (Å²) in [6.45, 7) is 6.65. The third kappa shape index (κ3) is 7.12. The third-order valence-corrected chi connectivity index (χ3v) is 6.94. The Balaban J connectivity index is 1.56. The number of carbonyl (C=O) groups is 4. The Bertz CT molecular complexity index is 1310. The lowest BCUT2D eigenvalue weighted by molar-refractivity contribution is -0.189. The number of amides is 1. The number of fused-ring (bicyclic) bond motifs is 2. The molecule has 3 rings (SSSR count). The highest BCUT2D eigenvalue weighted by atomic mass is 16.7. The number of aliphatic imine (C=N–C) groups is 1. The molecular formula is C28H37N3O11. The Morgan fingerprint density at radius 3 is 2.62 bits per heavy atom. The maximum atomic E-state index is 13.2. The molecule has 2 aliphatic rings. The molecule has 14 heteroatoms. The number of rotatable bonds is 14. The normalized spacial score (nSPS) is 19.9. The van der Waals surface area contributed by atoms with Gasteiger partial charge in [0.1, 0.15) is 13.2 Å². The average Bonchev–Trinajstić information content (AvgIpc) is 3.31. The highest BCUT2D eigenvalue weighted by molar-refractivity contribution is 6.13. The van der Waals surface area contributed by atoms with Crippen LogP contribution in [0.2, 0.25) is 0 Å². The van der Waals surface area contributed by atoms with E-state index < -0.39 is 47.8 Å². The van der Waals surface area contributed by atoms with Crippen molar-refractivity contribution >= 4 is 29.5 Å². The van der Waals surface area contributed by atoms with Crippen LogP contribution in [0.3, 0.4) is 0 Å². The molecule has 2 N–H and O–H groups in total. The number of aliphatic hydroxyl groups is 1. The smallest absolute Gasteiger partial charge is 0.355 e. The number of methoxy groups -OCH3 is 1. The zero-order valence-electron chi connectivity index (χ0n) is 24.2. The van der Waals surface area contributed by atoms with Crippen LogP contribution in [-0.4, -0.2) is 86.0 Å². The van der Waals surface area contributed by atoms with Crippen LogP contribution in [0.25, 0.3) is 0 Å². The molecule has 3 atom stereocenters. The van der Waals surface area contributed by atoms with Gasteiger partial charge in [0.05, 0.1) is 49.8 Å². The Morgan fingerprint density at radius 2 is 1.98 bits per heavy atom. The lowest BCUT2D eigenvalue weighted by Crippen LogP contribution is -2.49.